The first kappa shape index (κ1) is 16.6. The summed E-state index contributed by atoms with van der Waals surface area (Å²) in [5.74, 6) is 0.504. The first-order valence-corrected chi connectivity index (χ1v) is 8.06. The average Bonchev–Trinajstić information content (AvgIpc) is 2.44. The first-order valence-electron chi connectivity index (χ1n) is 7.27. The van der Waals surface area contributed by atoms with Crippen molar-refractivity contribution in [3.63, 3.8) is 0 Å². The van der Waals surface area contributed by atoms with Crippen LogP contribution in [0.3, 0.4) is 0 Å². The lowest BCUT2D eigenvalue weighted by Gasteiger charge is -2.10. The second kappa shape index (κ2) is 7.45. The molecule has 2 aromatic carbocycles. The predicted molar refractivity (Wildman–Crippen MR) is 93.6 cm³/mol. The number of carbonyl (C=O) groups excluding carboxylic acids is 1. The third kappa shape index (κ3) is 4.60. The summed E-state index contributed by atoms with van der Waals surface area (Å²) in [4.78, 5) is 12.0. The minimum absolute atomic E-state index is 0.0168. The van der Waals surface area contributed by atoms with Crippen LogP contribution in [-0.4, -0.2) is 12.5 Å². The minimum atomic E-state index is -0.170. The third-order valence-electron chi connectivity index (χ3n) is 3.27. The fourth-order valence-corrected chi connectivity index (χ4v) is 2.81. The molecule has 22 heavy (non-hydrogen) atoms. The van der Waals surface area contributed by atoms with Crippen LogP contribution in [0.5, 0.6) is 5.75 Å². The van der Waals surface area contributed by atoms with Gasteiger partial charge in [0, 0.05) is 5.69 Å². The van der Waals surface area contributed by atoms with Crippen molar-refractivity contribution in [1.82, 2.24) is 0 Å². The van der Waals surface area contributed by atoms with Gasteiger partial charge < -0.3 is 10.1 Å². The highest BCUT2D eigenvalue weighted by Gasteiger charge is 2.07. The summed E-state index contributed by atoms with van der Waals surface area (Å²) in [6.45, 7) is 6.09. The van der Waals surface area contributed by atoms with E-state index in [4.69, 9.17) is 4.74 Å². The van der Waals surface area contributed by atoms with Crippen molar-refractivity contribution in [2.45, 2.75) is 27.2 Å². The van der Waals surface area contributed by atoms with Crippen LogP contribution in [0.15, 0.2) is 40.9 Å². The lowest BCUT2D eigenvalue weighted by molar-refractivity contribution is -0.118. The normalized spacial score (nSPS) is 10.4. The number of aryl methyl sites for hydroxylation is 3. The van der Waals surface area contributed by atoms with Gasteiger partial charge in [-0.25, -0.2) is 0 Å². The number of hydrogen-bond acceptors (Lipinski definition) is 2. The Balaban J connectivity index is 1.95. The van der Waals surface area contributed by atoms with Crippen molar-refractivity contribution >= 4 is 27.5 Å². The number of hydrogen-bond donors (Lipinski definition) is 1. The molecule has 0 aliphatic carbocycles. The van der Waals surface area contributed by atoms with Crippen LogP contribution in [0.2, 0.25) is 0 Å². The van der Waals surface area contributed by atoms with E-state index in [1.54, 1.807) is 0 Å². The zero-order chi connectivity index (χ0) is 16.1. The van der Waals surface area contributed by atoms with E-state index in [9.17, 15) is 4.79 Å². The Kier molecular flexibility index (Phi) is 5.61. The summed E-state index contributed by atoms with van der Waals surface area (Å²) < 4.78 is 6.44. The largest absolute Gasteiger partial charge is 0.483 e. The third-order valence-corrected chi connectivity index (χ3v) is 3.89. The molecule has 0 heterocycles. The lowest BCUT2D eigenvalue weighted by Crippen LogP contribution is -2.20. The van der Waals surface area contributed by atoms with E-state index in [0.717, 1.165) is 27.7 Å². The Bertz CT molecular complexity index is 663. The number of rotatable bonds is 5. The smallest absolute Gasteiger partial charge is 0.262 e. The minimum Gasteiger partial charge on any atom is -0.483 e. The van der Waals surface area contributed by atoms with Crippen molar-refractivity contribution in [2.75, 3.05) is 11.9 Å². The van der Waals surface area contributed by atoms with Crippen LogP contribution in [0.25, 0.3) is 0 Å². The molecule has 1 N–H and O–H groups in total. The number of nitrogens with one attached hydrogen (secondary N) is 1. The summed E-state index contributed by atoms with van der Waals surface area (Å²) in [6, 6.07) is 11.8. The second-order valence-electron chi connectivity index (χ2n) is 5.33. The van der Waals surface area contributed by atoms with Gasteiger partial charge in [0.15, 0.2) is 6.61 Å². The molecule has 0 aromatic heterocycles. The Morgan fingerprint density at radius 1 is 1.14 bits per heavy atom. The molecule has 0 unspecified atom stereocenters. The number of ether oxygens (including phenoxy) is 1. The molecule has 1 amide bonds. The molecule has 0 spiro atoms. The van der Waals surface area contributed by atoms with E-state index in [2.05, 4.69) is 34.2 Å². The van der Waals surface area contributed by atoms with E-state index >= 15 is 0 Å². The molecule has 2 aromatic rings. The van der Waals surface area contributed by atoms with Crippen LogP contribution in [-0.2, 0) is 11.2 Å². The molecule has 0 fully saturated rings. The standard InChI is InChI=1S/C18H20BrNO2/c1-4-14-5-6-17(16(19)10-14)22-11-18(21)20-15-8-12(2)7-13(3)9-15/h5-10H,4,11H2,1-3H3,(H,20,21). The van der Waals surface area contributed by atoms with Crippen molar-refractivity contribution in [3.05, 3.63) is 57.6 Å². The molecular formula is C18H20BrNO2. The second-order valence-corrected chi connectivity index (χ2v) is 6.19. The quantitative estimate of drug-likeness (QED) is 0.841. The maximum Gasteiger partial charge on any atom is 0.262 e. The average molecular weight is 362 g/mol. The Hall–Kier alpha value is -1.81. The number of halogens is 1. The zero-order valence-electron chi connectivity index (χ0n) is 13.1. The molecule has 0 atom stereocenters. The molecule has 2 rings (SSSR count). The highest BCUT2D eigenvalue weighted by molar-refractivity contribution is 9.10. The summed E-state index contributed by atoms with van der Waals surface area (Å²) in [5.41, 5.74) is 4.26. The Morgan fingerprint density at radius 2 is 1.82 bits per heavy atom. The SMILES string of the molecule is CCc1ccc(OCC(=O)Nc2cc(C)cc(C)c2)c(Br)c1. The number of amides is 1. The Labute approximate surface area is 139 Å². The lowest BCUT2D eigenvalue weighted by atomic mass is 10.1. The summed E-state index contributed by atoms with van der Waals surface area (Å²) in [5, 5.41) is 2.86. The van der Waals surface area contributed by atoms with Gasteiger partial charge in [0.2, 0.25) is 0 Å². The molecule has 0 aliphatic rings. The topological polar surface area (TPSA) is 38.3 Å². The van der Waals surface area contributed by atoms with Gasteiger partial charge in [-0.05, 0) is 77.2 Å². The summed E-state index contributed by atoms with van der Waals surface area (Å²) in [6.07, 6.45) is 0.964. The number of anilines is 1. The highest BCUT2D eigenvalue weighted by atomic mass is 79.9. The van der Waals surface area contributed by atoms with E-state index in [1.807, 2.05) is 44.2 Å². The molecule has 4 heteroatoms. The van der Waals surface area contributed by atoms with Crippen LogP contribution in [0.1, 0.15) is 23.6 Å². The summed E-state index contributed by atoms with van der Waals surface area (Å²) >= 11 is 3.47. The van der Waals surface area contributed by atoms with Crippen molar-refractivity contribution in [2.24, 2.45) is 0 Å². The van der Waals surface area contributed by atoms with Gasteiger partial charge >= 0.3 is 0 Å². The summed E-state index contributed by atoms with van der Waals surface area (Å²) in [7, 11) is 0. The van der Waals surface area contributed by atoms with Gasteiger partial charge in [-0.2, -0.15) is 0 Å². The van der Waals surface area contributed by atoms with Crippen molar-refractivity contribution in [3.8, 4) is 5.75 Å². The molecule has 116 valence electrons. The van der Waals surface area contributed by atoms with E-state index in [1.165, 1.54) is 5.56 Å². The maximum absolute atomic E-state index is 12.0. The maximum atomic E-state index is 12.0. The fourth-order valence-electron chi connectivity index (χ4n) is 2.27. The van der Waals surface area contributed by atoms with Crippen molar-refractivity contribution in [1.29, 1.82) is 0 Å². The van der Waals surface area contributed by atoms with Gasteiger partial charge in [-0.15, -0.1) is 0 Å². The van der Waals surface area contributed by atoms with Crippen LogP contribution in [0.4, 0.5) is 5.69 Å². The number of benzene rings is 2. The molecule has 0 saturated heterocycles. The molecule has 0 aliphatic heterocycles. The molecular weight excluding hydrogens is 342 g/mol. The van der Waals surface area contributed by atoms with E-state index in [0.29, 0.717) is 5.75 Å². The molecule has 0 bridgehead atoms. The van der Waals surface area contributed by atoms with E-state index in [-0.39, 0.29) is 12.5 Å². The van der Waals surface area contributed by atoms with Crippen molar-refractivity contribution < 1.29 is 9.53 Å². The van der Waals surface area contributed by atoms with Gasteiger partial charge in [-0.3, -0.25) is 4.79 Å². The molecule has 3 nitrogen and oxygen atoms in total. The molecule has 0 radical (unpaired) electrons. The number of carbonyl (C=O) groups is 1. The molecule has 0 saturated carbocycles. The van der Waals surface area contributed by atoms with Gasteiger partial charge in [0.05, 0.1) is 4.47 Å². The fraction of sp³-hybridized carbons (Fsp3) is 0.278. The van der Waals surface area contributed by atoms with Gasteiger partial charge in [0.25, 0.3) is 5.91 Å². The van der Waals surface area contributed by atoms with Gasteiger partial charge in [-0.1, -0.05) is 19.1 Å². The first-order chi connectivity index (χ1) is 10.5. The zero-order valence-corrected chi connectivity index (χ0v) is 14.7. The van der Waals surface area contributed by atoms with E-state index < -0.39 is 0 Å². The monoisotopic (exact) mass is 361 g/mol. The van der Waals surface area contributed by atoms with Crippen LogP contribution >= 0.6 is 15.9 Å². The Morgan fingerprint density at radius 3 is 2.41 bits per heavy atom. The van der Waals surface area contributed by atoms with Crippen LogP contribution < -0.4 is 10.1 Å². The van der Waals surface area contributed by atoms with Gasteiger partial charge in [0.1, 0.15) is 5.75 Å². The van der Waals surface area contributed by atoms with Crippen LogP contribution in [0, 0.1) is 13.8 Å². The predicted octanol–water partition coefficient (Wildman–Crippen LogP) is 4.65. The highest BCUT2D eigenvalue weighted by Crippen LogP contribution is 2.26.